The molecule has 124 valence electrons. The first-order valence-corrected chi connectivity index (χ1v) is 8.57. The maximum atomic E-state index is 9.19. The number of fused-ring (bicyclic) bond motifs is 1. The van der Waals surface area contributed by atoms with Gasteiger partial charge in [-0.25, -0.2) is 4.98 Å². The molecule has 0 saturated carbocycles. The van der Waals surface area contributed by atoms with Gasteiger partial charge in [0.1, 0.15) is 6.07 Å². The van der Waals surface area contributed by atoms with E-state index >= 15 is 0 Å². The second-order valence-electron chi connectivity index (χ2n) is 5.77. The van der Waals surface area contributed by atoms with Crippen LogP contribution in [0.25, 0.3) is 0 Å². The van der Waals surface area contributed by atoms with E-state index in [9.17, 15) is 5.26 Å². The Kier molecular flexibility index (Phi) is 3.88. The minimum absolute atomic E-state index is 0.301. The first kappa shape index (κ1) is 15.1. The minimum atomic E-state index is 0.301. The first-order chi connectivity index (χ1) is 11.7. The summed E-state index contributed by atoms with van der Waals surface area (Å²) >= 11 is 1.25. The Morgan fingerprint density at radius 2 is 2.00 bits per heavy atom. The SMILES string of the molecule is N#Cc1sc(N)nc1N1CCN(Cc2ccc3c(c2)OCO3)CC1. The van der Waals surface area contributed by atoms with Crippen molar-refractivity contribution in [3.05, 3.63) is 28.6 Å². The van der Waals surface area contributed by atoms with Gasteiger partial charge in [0.25, 0.3) is 0 Å². The first-order valence-electron chi connectivity index (χ1n) is 7.75. The number of hydrogen-bond donors (Lipinski definition) is 1. The molecule has 1 fully saturated rings. The maximum Gasteiger partial charge on any atom is 0.231 e. The highest BCUT2D eigenvalue weighted by atomic mass is 32.1. The predicted octanol–water partition coefficient (Wildman–Crippen LogP) is 1.65. The molecule has 2 aliphatic heterocycles. The highest BCUT2D eigenvalue weighted by molar-refractivity contribution is 7.16. The van der Waals surface area contributed by atoms with Gasteiger partial charge in [0.2, 0.25) is 6.79 Å². The normalized spacial score (nSPS) is 17.0. The summed E-state index contributed by atoms with van der Waals surface area (Å²) in [4.78, 5) is 9.42. The minimum Gasteiger partial charge on any atom is -0.454 e. The van der Waals surface area contributed by atoms with Crippen molar-refractivity contribution in [2.45, 2.75) is 6.54 Å². The number of ether oxygens (including phenoxy) is 2. The Labute approximate surface area is 143 Å². The van der Waals surface area contributed by atoms with E-state index in [1.165, 1.54) is 16.9 Å². The van der Waals surface area contributed by atoms with Gasteiger partial charge in [0.15, 0.2) is 27.3 Å². The Hall–Kier alpha value is -2.50. The molecule has 24 heavy (non-hydrogen) atoms. The van der Waals surface area contributed by atoms with Gasteiger partial charge < -0.3 is 20.1 Å². The molecular formula is C16H17N5O2S. The van der Waals surface area contributed by atoms with Crippen LogP contribution in [0.5, 0.6) is 11.5 Å². The monoisotopic (exact) mass is 343 g/mol. The molecule has 8 heteroatoms. The second-order valence-corrected chi connectivity index (χ2v) is 6.80. The predicted molar refractivity (Wildman–Crippen MR) is 91.3 cm³/mol. The van der Waals surface area contributed by atoms with Crippen LogP contribution < -0.4 is 20.1 Å². The van der Waals surface area contributed by atoms with Crippen LogP contribution in [0.15, 0.2) is 18.2 Å². The summed E-state index contributed by atoms with van der Waals surface area (Å²) in [6.45, 7) is 4.67. The third kappa shape index (κ3) is 2.84. The lowest BCUT2D eigenvalue weighted by molar-refractivity contribution is 0.174. The summed E-state index contributed by atoms with van der Waals surface area (Å²) in [6, 6.07) is 8.27. The fraction of sp³-hybridized carbons (Fsp3) is 0.375. The van der Waals surface area contributed by atoms with Crippen molar-refractivity contribution < 1.29 is 9.47 Å². The van der Waals surface area contributed by atoms with E-state index < -0.39 is 0 Å². The van der Waals surface area contributed by atoms with Crippen molar-refractivity contribution in [1.82, 2.24) is 9.88 Å². The third-order valence-corrected chi connectivity index (χ3v) is 5.02. The molecule has 1 saturated heterocycles. The molecule has 0 aliphatic carbocycles. The summed E-state index contributed by atoms with van der Waals surface area (Å²) in [7, 11) is 0. The van der Waals surface area contributed by atoms with Crippen LogP contribution in [0, 0.1) is 11.3 Å². The molecular weight excluding hydrogens is 326 g/mol. The Balaban J connectivity index is 1.39. The number of nitriles is 1. The largest absolute Gasteiger partial charge is 0.454 e. The number of rotatable bonds is 3. The molecule has 0 spiro atoms. The van der Waals surface area contributed by atoms with Gasteiger partial charge in [-0.05, 0) is 17.7 Å². The van der Waals surface area contributed by atoms with Gasteiger partial charge in [-0.15, -0.1) is 0 Å². The molecule has 2 aromatic rings. The van der Waals surface area contributed by atoms with E-state index in [4.69, 9.17) is 15.2 Å². The zero-order chi connectivity index (χ0) is 16.5. The molecule has 0 radical (unpaired) electrons. The molecule has 0 bridgehead atoms. The molecule has 3 heterocycles. The number of aromatic nitrogens is 1. The lowest BCUT2D eigenvalue weighted by Crippen LogP contribution is -2.46. The lowest BCUT2D eigenvalue weighted by Gasteiger charge is -2.35. The van der Waals surface area contributed by atoms with Gasteiger partial charge in [-0.1, -0.05) is 17.4 Å². The standard InChI is InChI=1S/C16H17N5O2S/c17-8-14-15(19-16(18)24-14)21-5-3-20(4-6-21)9-11-1-2-12-13(7-11)23-10-22-12/h1-2,7H,3-6,9-10H2,(H2,18,19). The van der Waals surface area contributed by atoms with Crippen molar-refractivity contribution in [2.24, 2.45) is 0 Å². The highest BCUT2D eigenvalue weighted by Crippen LogP contribution is 2.33. The molecule has 0 atom stereocenters. The lowest BCUT2D eigenvalue weighted by atomic mass is 10.1. The van der Waals surface area contributed by atoms with E-state index in [1.807, 2.05) is 12.1 Å². The average molecular weight is 343 g/mol. The number of nitrogens with two attached hydrogens (primary N) is 1. The maximum absolute atomic E-state index is 9.19. The van der Waals surface area contributed by atoms with Crippen molar-refractivity contribution in [3.63, 3.8) is 0 Å². The fourth-order valence-corrected chi connectivity index (χ4v) is 3.68. The van der Waals surface area contributed by atoms with Crippen LogP contribution in [0.2, 0.25) is 0 Å². The van der Waals surface area contributed by atoms with Crippen LogP contribution in [-0.4, -0.2) is 42.9 Å². The smallest absolute Gasteiger partial charge is 0.231 e. The number of hydrogen-bond acceptors (Lipinski definition) is 8. The number of nitrogens with zero attached hydrogens (tertiary/aromatic N) is 4. The van der Waals surface area contributed by atoms with Gasteiger partial charge in [-0.3, -0.25) is 4.90 Å². The summed E-state index contributed by atoms with van der Waals surface area (Å²) in [5, 5.41) is 9.64. The van der Waals surface area contributed by atoms with Gasteiger partial charge in [0, 0.05) is 32.7 Å². The van der Waals surface area contributed by atoms with Crippen LogP contribution in [0.3, 0.4) is 0 Å². The van der Waals surface area contributed by atoms with E-state index in [0.717, 1.165) is 50.0 Å². The van der Waals surface area contributed by atoms with E-state index in [0.29, 0.717) is 16.8 Å². The summed E-state index contributed by atoms with van der Waals surface area (Å²) in [5.74, 6) is 2.36. The van der Waals surface area contributed by atoms with Gasteiger partial charge in [-0.2, -0.15) is 5.26 Å². The van der Waals surface area contributed by atoms with Crippen molar-refractivity contribution in [3.8, 4) is 17.6 Å². The Morgan fingerprint density at radius 3 is 2.79 bits per heavy atom. The zero-order valence-corrected chi connectivity index (χ0v) is 13.9. The quantitative estimate of drug-likeness (QED) is 0.906. The Bertz CT molecular complexity index is 792. The third-order valence-electron chi connectivity index (χ3n) is 4.24. The van der Waals surface area contributed by atoms with E-state index in [2.05, 4.69) is 26.9 Å². The number of benzene rings is 1. The summed E-state index contributed by atoms with van der Waals surface area (Å²) in [5.41, 5.74) is 6.94. The topological polar surface area (TPSA) is 87.6 Å². The number of thiazole rings is 1. The van der Waals surface area contributed by atoms with Crippen LogP contribution in [0.1, 0.15) is 10.4 Å². The fourth-order valence-electron chi connectivity index (χ4n) is 3.03. The molecule has 1 aromatic heterocycles. The highest BCUT2D eigenvalue weighted by Gasteiger charge is 2.23. The van der Waals surface area contributed by atoms with E-state index in [1.54, 1.807) is 0 Å². The second kappa shape index (κ2) is 6.19. The van der Waals surface area contributed by atoms with Crippen LogP contribution in [-0.2, 0) is 6.54 Å². The average Bonchev–Trinajstić information content (AvgIpc) is 3.21. The molecule has 0 amide bonds. The van der Waals surface area contributed by atoms with Gasteiger partial charge in [0.05, 0.1) is 0 Å². The van der Waals surface area contributed by atoms with Crippen LogP contribution >= 0.6 is 11.3 Å². The zero-order valence-electron chi connectivity index (χ0n) is 13.1. The number of anilines is 2. The molecule has 2 N–H and O–H groups in total. The molecule has 0 unspecified atom stereocenters. The van der Waals surface area contributed by atoms with Crippen molar-refractivity contribution in [1.29, 1.82) is 5.26 Å². The molecule has 1 aromatic carbocycles. The summed E-state index contributed by atoms with van der Waals surface area (Å²) in [6.07, 6.45) is 0. The summed E-state index contributed by atoms with van der Waals surface area (Å²) < 4.78 is 10.8. The number of nitrogen functional groups attached to an aromatic ring is 1. The van der Waals surface area contributed by atoms with Crippen LogP contribution in [0.4, 0.5) is 10.9 Å². The molecule has 4 rings (SSSR count). The molecule has 2 aliphatic rings. The van der Waals surface area contributed by atoms with E-state index in [-0.39, 0.29) is 0 Å². The number of piperazine rings is 1. The van der Waals surface area contributed by atoms with Crippen molar-refractivity contribution >= 4 is 22.3 Å². The molecule has 7 nitrogen and oxygen atoms in total. The van der Waals surface area contributed by atoms with Crippen molar-refractivity contribution in [2.75, 3.05) is 43.6 Å². The Morgan fingerprint density at radius 1 is 1.21 bits per heavy atom. The van der Waals surface area contributed by atoms with Gasteiger partial charge >= 0.3 is 0 Å².